The number of amides is 1. The van der Waals surface area contributed by atoms with Crippen LogP contribution in [0.15, 0.2) is 22.7 Å². The van der Waals surface area contributed by atoms with Gasteiger partial charge in [-0.2, -0.15) is 0 Å². The van der Waals surface area contributed by atoms with Crippen molar-refractivity contribution >= 4 is 21.8 Å². The maximum atomic E-state index is 11.5. The van der Waals surface area contributed by atoms with Gasteiger partial charge in [0.1, 0.15) is 0 Å². The van der Waals surface area contributed by atoms with Crippen LogP contribution >= 0.6 is 15.9 Å². The molecule has 1 aliphatic carbocycles. The summed E-state index contributed by atoms with van der Waals surface area (Å²) in [4.78, 5) is 14.0. The molecule has 1 amide bonds. The largest absolute Gasteiger partial charge is 0.299 e. The first-order valence-electron chi connectivity index (χ1n) is 7.15. The van der Waals surface area contributed by atoms with E-state index >= 15 is 0 Å². The molecule has 1 fully saturated rings. The molecule has 3 N–H and O–H groups in total. The molecule has 0 heterocycles. The van der Waals surface area contributed by atoms with Crippen LogP contribution in [0.25, 0.3) is 0 Å². The van der Waals surface area contributed by atoms with E-state index in [0.29, 0.717) is 5.56 Å². The van der Waals surface area contributed by atoms with Crippen LogP contribution in [0, 0.1) is 5.92 Å². The van der Waals surface area contributed by atoms with Gasteiger partial charge < -0.3 is 0 Å². The Bertz CT molecular complexity index is 474. The Kier molecular flexibility index (Phi) is 5.57. The molecule has 0 aromatic heterocycles. The molecule has 4 nitrogen and oxygen atoms in total. The number of nitrogen functional groups attached to an aromatic ring is 1. The van der Waals surface area contributed by atoms with E-state index in [9.17, 15) is 4.79 Å². The van der Waals surface area contributed by atoms with E-state index < -0.39 is 0 Å². The van der Waals surface area contributed by atoms with Crippen molar-refractivity contribution in [2.45, 2.75) is 32.7 Å². The highest BCUT2D eigenvalue weighted by Crippen LogP contribution is 2.30. The average Bonchev–Trinajstić information content (AvgIpc) is 3.24. The molecule has 20 heavy (non-hydrogen) atoms. The molecule has 0 radical (unpaired) electrons. The molecule has 110 valence electrons. The fourth-order valence-corrected chi connectivity index (χ4v) is 2.86. The van der Waals surface area contributed by atoms with Gasteiger partial charge in [0.25, 0.3) is 5.91 Å². The Morgan fingerprint density at radius 2 is 2.25 bits per heavy atom. The number of rotatable bonds is 7. The summed E-state index contributed by atoms with van der Waals surface area (Å²) in [5.41, 5.74) is 3.94. The number of nitrogens with one attached hydrogen (secondary N) is 1. The number of hydrazine groups is 1. The third kappa shape index (κ3) is 4.30. The lowest BCUT2D eigenvalue weighted by atomic mass is 10.1. The minimum atomic E-state index is -0.263. The first kappa shape index (κ1) is 15.5. The van der Waals surface area contributed by atoms with E-state index in [-0.39, 0.29) is 5.91 Å². The zero-order chi connectivity index (χ0) is 14.5. The SMILES string of the molecule is CCCN(Cc1ccc(C(=O)NN)cc1Br)CC1CC1. The minimum absolute atomic E-state index is 0.263. The lowest BCUT2D eigenvalue weighted by Gasteiger charge is -2.22. The molecule has 0 saturated heterocycles. The highest BCUT2D eigenvalue weighted by Gasteiger charge is 2.24. The van der Waals surface area contributed by atoms with Gasteiger partial charge >= 0.3 is 0 Å². The van der Waals surface area contributed by atoms with Crippen LogP contribution in [0.3, 0.4) is 0 Å². The highest BCUT2D eigenvalue weighted by atomic mass is 79.9. The number of halogens is 1. The van der Waals surface area contributed by atoms with Crippen molar-refractivity contribution in [2.75, 3.05) is 13.1 Å². The number of carbonyl (C=O) groups is 1. The lowest BCUT2D eigenvalue weighted by molar-refractivity contribution is 0.0953. The van der Waals surface area contributed by atoms with Crippen molar-refractivity contribution in [3.63, 3.8) is 0 Å². The molecule has 1 saturated carbocycles. The molecule has 0 spiro atoms. The zero-order valence-electron chi connectivity index (χ0n) is 11.9. The quantitative estimate of drug-likeness (QED) is 0.456. The summed E-state index contributed by atoms with van der Waals surface area (Å²) in [6.07, 6.45) is 3.91. The molecular weight excluding hydrogens is 318 g/mol. The van der Waals surface area contributed by atoms with Crippen molar-refractivity contribution in [1.82, 2.24) is 10.3 Å². The molecular formula is C15H22BrN3O. The van der Waals surface area contributed by atoms with Gasteiger partial charge in [-0.1, -0.05) is 28.9 Å². The van der Waals surface area contributed by atoms with Crippen LogP contribution in [0.4, 0.5) is 0 Å². The smallest absolute Gasteiger partial charge is 0.265 e. The summed E-state index contributed by atoms with van der Waals surface area (Å²) in [7, 11) is 0. The molecule has 1 aliphatic rings. The summed E-state index contributed by atoms with van der Waals surface area (Å²) < 4.78 is 0.968. The zero-order valence-corrected chi connectivity index (χ0v) is 13.4. The van der Waals surface area contributed by atoms with Crippen LogP contribution in [-0.4, -0.2) is 23.9 Å². The van der Waals surface area contributed by atoms with Gasteiger partial charge in [-0.25, -0.2) is 5.84 Å². The monoisotopic (exact) mass is 339 g/mol. The number of nitrogens with zero attached hydrogens (tertiary/aromatic N) is 1. The molecule has 1 aromatic rings. The van der Waals surface area contributed by atoms with Crippen molar-refractivity contribution in [3.05, 3.63) is 33.8 Å². The van der Waals surface area contributed by atoms with Gasteiger partial charge in [-0.15, -0.1) is 0 Å². The first-order chi connectivity index (χ1) is 9.63. The van der Waals surface area contributed by atoms with E-state index in [2.05, 4.69) is 33.2 Å². The van der Waals surface area contributed by atoms with Crippen LogP contribution in [-0.2, 0) is 6.54 Å². The summed E-state index contributed by atoms with van der Waals surface area (Å²) in [5.74, 6) is 5.78. The van der Waals surface area contributed by atoms with Gasteiger partial charge in [0, 0.05) is 23.1 Å². The molecule has 0 aliphatic heterocycles. The van der Waals surface area contributed by atoms with E-state index in [0.717, 1.165) is 29.9 Å². The fourth-order valence-electron chi connectivity index (χ4n) is 2.36. The van der Waals surface area contributed by atoms with Crippen molar-refractivity contribution in [1.29, 1.82) is 0 Å². The van der Waals surface area contributed by atoms with Gasteiger partial charge in [0.05, 0.1) is 0 Å². The Morgan fingerprint density at radius 1 is 1.50 bits per heavy atom. The Labute approximate surface area is 128 Å². The summed E-state index contributed by atoms with van der Waals surface area (Å²) in [6, 6.07) is 5.66. The third-order valence-electron chi connectivity index (χ3n) is 3.59. The average molecular weight is 340 g/mol. The van der Waals surface area contributed by atoms with Crippen molar-refractivity contribution < 1.29 is 4.79 Å². The normalized spacial score (nSPS) is 14.6. The molecule has 5 heteroatoms. The number of nitrogens with two attached hydrogens (primary N) is 1. The highest BCUT2D eigenvalue weighted by molar-refractivity contribution is 9.10. The molecule has 2 rings (SSSR count). The number of hydrogen-bond acceptors (Lipinski definition) is 3. The second-order valence-corrected chi connectivity index (χ2v) is 6.31. The first-order valence-corrected chi connectivity index (χ1v) is 7.95. The van der Waals surface area contributed by atoms with Crippen molar-refractivity contribution in [3.8, 4) is 0 Å². The van der Waals surface area contributed by atoms with Crippen molar-refractivity contribution in [2.24, 2.45) is 11.8 Å². The molecule has 0 atom stereocenters. The predicted octanol–water partition coefficient (Wildman–Crippen LogP) is 2.67. The van der Waals surface area contributed by atoms with E-state index in [1.54, 1.807) is 0 Å². The van der Waals surface area contributed by atoms with Gasteiger partial charge in [-0.3, -0.25) is 15.1 Å². The molecule has 0 bridgehead atoms. The molecule has 0 unspecified atom stereocenters. The third-order valence-corrected chi connectivity index (χ3v) is 4.33. The Morgan fingerprint density at radius 3 is 2.80 bits per heavy atom. The maximum absolute atomic E-state index is 11.5. The summed E-state index contributed by atoms with van der Waals surface area (Å²) in [6.45, 7) is 5.44. The van der Waals surface area contributed by atoms with Gasteiger partial charge in [0.15, 0.2) is 0 Å². The van der Waals surface area contributed by atoms with Crippen LogP contribution < -0.4 is 11.3 Å². The Balaban J connectivity index is 2.04. The van der Waals surface area contributed by atoms with E-state index in [1.807, 2.05) is 18.2 Å². The minimum Gasteiger partial charge on any atom is -0.299 e. The predicted molar refractivity (Wildman–Crippen MR) is 84.1 cm³/mol. The topological polar surface area (TPSA) is 58.4 Å². The standard InChI is InChI=1S/C15H22BrN3O/c1-2-7-19(9-11-3-4-11)10-13-6-5-12(8-14(13)16)15(20)18-17/h5-6,8,11H,2-4,7,9-10,17H2,1H3,(H,18,20). The summed E-state index contributed by atoms with van der Waals surface area (Å²) >= 11 is 3.56. The lowest BCUT2D eigenvalue weighted by Crippen LogP contribution is -2.30. The number of carbonyl (C=O) groups excluding carboxylic acids is 1. The van der Waals surface area contributed by atoms with E-state index in [1.165, 1.54) is 24.9 Å². The maximum Gasteiger partial charge on any atom is 0.265 e. The number of benzene rings is 1. The number of hydrogen-bond donors (Lipinski definition) is 2. The second-order valence-electron chi connectivity index (χ2n) is 5.46. The molecule has 1 aromatic carbocycles. The van der Waals surface area contributed by atoms with E-state index in [4.69, 9.17) is 5.84 Å². The van der Waals surface area contributed by atoms with Gasteiger partial charge in [-0.05, 0) is 49.4 Å². The van der Waals surface area contributed by atoms with Crippen LogP contribution in [0.1, 0.15) is 42.1 Å². The second kappa shape index (κ2) is 7.20. The Hall–Kier alpha value is -0.910. The fraction of sp³-hybridized carbons (Fsp3) is 0.533. The van der Waals surface area contributed by atoms with Crippen LogP contribution in [0.2, 0.25) is 0 Å². The summed E-state index contributed by atoms with van der Waals surface area (Å²) in [5, 5.41) is 0. The van der Waals surface area contributed by atoms with Gasteiger partial charge in [0.2, 0.25) is 0 Å². The van der Waals surface area contributed by atoms with Crippen LogP contribution in [0.5, 0.6) is 0 Å².